The molecule has 0 radical (unpaired) electrons. The van der Waals surface area contributed by atoms with Crippen LogP contribution in [-0.2, 0) is 16.0 Å². The van der Waals surface area contributed by atoms with Gasteiger partial charge >= 0.3 is 5.97 Å². The van der Waals surface area contributed by atoms with Crippen molar-refractivity contribution >= 4 is 17.6 Å². The van der Waals surface area contributed by atoms with Gasteiger partial charge in [-0.25, -0.2) is 4.79 Å². The number of carboxylic acids is 1. The Morgan fingerprint density at radius 1 is 1.30 bits per heavy atom. The summed E-state index contributed by atoms with van der Waals surface area (Å²) in [6, 6.07) is 7.22. The molecule has 0 spiro atoms. The molecule has 2 aliphatic rings. The van der Waals surface area contributed by atoms with Crippen molar-refractivity contribution < 1.29 is 14.7 Å². The maximum atomic E-state index is 12.3. The van der Waals surface area contributed by atoms with Crippen LogP contribution in [0.15, 0.2) is 24.3 Å². The largest absolute Gasteiger partial charge is 0.480 e. The predicted molar refractivity (Wildman–Crippen MR) is 74.7 cm³/mol. The monoisotopic (exact) mass is 274 g/mol. The molecular weight excluding hydrogens is 256 g/mol. The Morgan fingerprint density at radius 2 is 2.05 bits per heavy atom. The SMILES string of the molecule is O=C(O)C1Cc2ccccc2N1C(=O)CCNC1CC1. The molecule has 20 heavy (non-hydrogen) atoms. The number of nitrogens with one attached hydrogen (secondary N) is 1. The van der Waals surface area contributed by atoms with E-state index < -0.39 is 12.0 Å². The van der Waals surface area contributed by atoms with Crippen molar-refractivity contribution in [3.05, 3.63) is 29.8 Å². The fourth-order valence-corrected chi connectivity index (χ4v) is 2.68. The van der Waals surface area contributed by atoms with E-state index in [0.717, 1.165) is 11.3 Å². The van der Waals surface area contributed by atoms with Gasteiger partial charge in [-0.3, -0.25) is 9.69 Å². The topological polar surface area (TPSA) is 69.6 Å². The second kappa shape index (κ2) is 5.25. The Balaban J connectivity index is 1.73. The minimum Gasteiger partial charge on any atom is -0.480 e. The van der Waals surface area contributed by atoms with E-state index in [1.165, 1.54) is 17.7 Å². The van der Waals surface area contributed by atoms with Crippen LogP contribution in [0.4, 0.5) is 5.69 Å². The van der Waals surface area contributed by atoms with Crippen molar-refractivity contribution in [1.29, 1.82) is 0 Å². The molecule has 1 saturated carbocycles. The van der Waals surface area contributed by atoms with Crippen LogP contribution in [0.3, 0.4) is 0 Å². The molecule has 1 aliphatic heterocycles. The van der Waals surface area contributed by atoms with Crippen molar-refractivity contribution in [1.82, 2.24) is 5.32 Å². The fourth-order valence-electron chi connectivity index (χ4n) is 2.68. The van der Waals surface area contributed by atoms with E-state index in [2.05, 4.69) is 5.32 Å². The molecule has 1 aromatic carbocycles. The number of carbonyl (C=O) groups is 2. The molecule has 1 amide bonds. The highest BCUT2D eigenvalue weighted by molar-refractivity contribution is 6.01. The summed E-state index contributed by atoms with van der Waals surface area (Å²) in [4.78, 5) is 25.2. The van der Waals surface area contributed by atoms with Gasteiger partial charge in [0, 0.05) is 31.1 Å². The van der Waals surface area contributed by atoms with Gasteiger partial charge in [-0.05, 0) is 24.5 Å². The van der Waals surface area contributed by atoms with Gasteiger partial charge in [0.2, 0.25) is 5.91 Å². The van der Waals surface area contributed by atoms with Crippen LogP contribution in [0.2, 0.25) is 0 Å². The number of hydrogen-bond acceptors (Lipinski definition) is 3. The molecule has 2 N–H and O–H groups in total. The third kappa shape index (κ3) is 2.54. The highest BCUT2D eigenvalue weighted by Gasteiger charge is 2.37. The van der Waals surface area contributed by atoms with Crippen LogP contribution in [0.1, 0.15) is 24.8 Å². The van der Waals surface area contributed by atoms with Crippen LogP contribution in [0.25, 0.3) is 0 Å². The van der Waals surface area contributed by atoms with E-state index in [4.69, 9.17) is 0 Å². The normalized spacial score (nSPS) is 20.8. The summed E-state index contributed by atoms with van der Waals surface area (Å²) < 4.78 is 0. The van der Waals surface area contributed by atoms with E-state index in [1.807, 2.05) is 24.3 Å². The minimum absolute atomic E-state index is 0.115. The lowest BCUT2D eigenvalue weighted by Gasteiger charge is -2.22. The van der Waals surface area contributed by atoms with Gasteiger partial charge in [-0.2, -0.15) is 0 Å². The van der Waals surface area contributed by atoms with Crippen LogP contribution >= 0.6 is 0 Å². The summed E-state index contributed by atoms with van der Waals surface area (Å²) in [5.74, 6) is -1.06. The fraction of sp³-hybridized carbons (Fsp3) is 0.467. The molecule has 1 heterocycles. The van der Waals surface area contributed by atoms with Crippen LogP contribution < -0.4 is 10.2 Å². The molecule has 1 aromatic rings. The number of carboxylic acid groups (broad SMARTS) is 1. The van der Waals surface area contributed by atoms with E-state index in [0.29, 0.717) is 25.4 Å². The van der Waals surface area contributed by atoms with Gasteiger partial charge < -0.3 is 10.4 Å². The molecule has 106 valence electrons. The van der Waals surface area contributed by atoms with Crippen molar-refractivity contribution in [2.45, 2.75) is 37.8 Å². The van der Waals surface area contributed by atoms with Crippen molar-refractivity contribution in [3.63, 3.8) is 0 Å². The molecule has 0 bridgehead atoms. The summed E-state index contributed by atoms with van der Waals surface area (Å²) in [6.07, 6.45) is 3.10. The average molecular weight is 274 g/mol. The number of anilines is 1. The van der Waals surface area contributed by atoms with Gasteiger partial charge in [-0.1, -0.05) is 18.2 Å². The maximum Gasteiger partial charge on any atom is 0.327 e. The van der Waals surface area contributed by atoms with Crippen LogP contribution in [0, 0.1) is 0 Å². The standard InChI is InChI=1S/C15H18N2O3/c18-14(7-8-16-11-5-6-11)17-12-4-2-1-3-10(12)9-13(17)15(19)20/h1-4,11,13,16H,5-9H2,(H,19,20). The Bertz CT molecular complexity index is 540. The third-order valence-electron chi connectivity index (χ3n) is 3.88. The number of hydrogen-bond donors (Lipinski definition) is 2. The Kier molecular flexibility index (Phi) is 3.44. The first-order chi connectivity index (χ1) is 9.66. The summed E-state index contributed by atoms with van der Waals surface area (Å²) in [7, 11) is 0. The first-order valence-electron chi connectivity index (χ1n) is 7.03. The van der Waals surface area contributed by atoms with E-state index >= 15 is 0 Å². The minimum atomic E-state index is -0.940. The quantitative estimate of drug-likeness (QED) is 0.845. The second-order valence-corrected chi connectivity index (χ2v) is 5.43. The Hall–Kier alpha value is -1.88. The first-order valence-corrected chi connectivity index (χ1v) is 7.03. The van der Waals surface area contributed by atoms with Crippen molar-refractivity contribution in [3.8, 4) is 0 Å². The van der Waals surface area contributed by atoms with E-state index in [1.54, 1.807) is 0 Å². The van der Waals surface area contributed by atoms with Gasteiger partial charge in [0.25, 0.3) is 0 Å². The zero-order chi connectivity index (χ0) is 14.1. The van der Waals surface area contributed by atoms with Gasteiger partial charge in [0.15, 0.2) is 0 Å². The summed E-state index contributed by atoms with van der Waals surface area (Å²) >= 11 is 0. The number of aliphatic carboxylic acids is 1. The zero-order valence-corrected chi connectivity index (χ0v) is 11.2. The molecule has 1 fully saturated rings. The molecule has 3 rings (SSSR count). The summed E-state index contributed by atoms with van der Waals surface area (Å²) in [5, 5.41) is 12.6. The van der Waals surface area contributed by atoms with Gasteiger partial charge in [0.05, 0.1) is 0 Å². The van der Waals surface area contributed by atoms with Crippen LogP contribution in [0.5, 0.6) is 0 Å². The van der Waals surface area contributed by atoms with Crippen molar-refractivity contribution in [2.75, 3.05) is 11.4 Å². The molecular formula is C15H18N2O3. The van der Waals surface area contributed by atoms with Gasteiger partial charge in [0.1, 0.15) is 6.04 Å². The molecule has 1 aliphatic carbocycles. The summed E-state index contributed by atoms with van der Waals surface area (Å²) in [6.45, 7) is 0.620. The number of fused-ring (bicyclic) bond motifs is 1. The zero-order valence-electron chi connectivity index (χ0n) is 11.2. The van der Waals surface area contributed by atoms with Crippen molar-refractivity contribution in [2.24, 2.45) is 0 Å². The molecule has 5 heteroatoms. The molecule has 1 atom stereocenters. The first kappa shape index (κ1) is 13.1. The smallest absolute Gasteiger partial charge is 0.327 e. The molecule has 0 aromatic heterocycles. The maximum absolute atomic E-state index is 12.3. The summed E-state index contributed by atoms with van der Waals surface area (Å²) in [5.41, 5.74) is 1.68. The number of carbonyl (C=O) groups excluding carboxylic acids is 1. The number of para-hydroxylation sites is 1. The highest BCUT2D eigenvalue weighted by atomic mass is 16.4. The van der Waals surface area contributed by atoms with Gasteiger partial charge in [-0.15, -0.1) is 0 Å². The predicted octanol–water partition coefficient (Wildman–Crippen LogP) is 1.17. The van der Waals surface area contributed by atoms with E-state index in [-0.39, 0.29) is 5.91 Å². The Labute approximate surface area is 117 Å². The molecule has 5 nitrogen and oxygen atoms in total. The molecule has 1 unspecified atom stereocenters. The third-order valence-corrected chi connectivity index (χ3v) is 3.88. The Morgan fingerprint density at radius 3 is 2.75 bits per heavy atom. The van der Waals surface area contributed by atoms with E-state index in [9.17, 15) is 14.7 Å². The second-order valence-electron chi connectivity index (χ2n) is 5.43. The lowest BCUT2D eigenvalue weighted by atomic mass is 10.1. The number of nitrogens with zero attached hydrogens (tertiary/aromatic N) is 1. The lowest BCUT2D eigenvalue weighted by Crippen LogP contribution is -2.43. The number of benzene rings is 1. The van der Waals surface area contributed by atoms with Crippen LogP contribution in [-0.4, -0.2) is 35.6 Å². The number of amides is 1. The number of rotatable bonds is 5. The average Bonchev–Trinajstić information content (AvgIpc) is 3.16. The lowest BCUT2D eigenvalue weighted by molar-refractivity contribution is -0.139. The molecule has 0 saturated heterocycles. The highest BCUT2D eigenvalue weighted by Crippen LogP contribution is 2.32.